The molecule has 0 aliphatic heterocycles. The summed E-state index contributed by atoms with van der Waals surface area (Å²) >= 11 is 0. The molecule has 0 bridgehead atoms. The predicted molar refractivity (Wildman–Crippen MR) is 26.1 cm³/mol. The highest BCUT2D eigenvalue weighted by Gasteiger charge is 1.94. The molecule has 1 unspecified atom stereocenters. The minimum atomic E-state index is -0.694. The van der Waals surface area contributed by atoms with Crippen LogP contribution >= 0.6 is 0 Å². The maximum absolute atomic E-state index is 10.1. The first-order chi connectivity index (χ1) is 3.27. The van der Waals surface area contributed by atoms with E-state index in [2.05, 4.69) is 4.74 Å². The Morgan fingerprint density at radius 3 is 2.57 bits per heavy atom. The van der Waals surface area contributed by atoms with Gasteiger partial charge in [-0.05, 0) is 13.8 Å². The molecule has 0 N–H and O–H groups in total. The van der Waals surface area contributed by atoms with E-state index in [-0.39, 0.29) is 0 Å². The minimum absolute atomic E-state index is 0.590. The van der Waals surface area contributed by atoms with Gasteiger partial charge in [-0.3, -0.25) is 0 Å². The zero-order chi connectivity index (χ0) is 5.70. The van der Waals surface area contributed by atoms with Gasteiger partial charge in [-0.25, -0.2) is 5.11 Å². The van der Waals surface area contributed by atoms with Crippen LogP contribution in [0.1, 0.15) is 13.8 Å². The summed E-state index contributed by atoms with van der Waals surface area (Å²) in [5.41, 5.74) is 0. The first kappa shape index (κ1) is 6.92. The van der Waals surface area contributed by atoms with Crippen LogP contribution in [-0.2, 0) is 9.84 Å². The fraction of sp³-hybridized carbons (Fsp3) is 0.800. The molecule has 0 aliphatic carbocycles. The van der Waals surface area contributed by atoms with Crippen molar-refractivity contribution < 1.29 is 9.84 Å². The lowest BCUT2D eigenvalue weighted by Crippen LogP contribution is -2.00. The standard InChI is InChI=1S/C5H10O2/c1-3-7-4-5(2)6/h4-5H,3H2,1-2H3. The molecule has 0 aromatic rings. The van der Waals surface area contributed by atoms with Crippen molar-refractivity contribution in [1.82, 2.24) is 0 Å². The van der Waals surface area contributed by atoms with Gasteiger partial charge in [0.15, 0.2) is 0 Å². The van der Waals surface area contributed by atoms with Crippen molar-refractivity contribution in [3.05, 3.63) is 6.61 Å². The van der Waals surface area contributed by atoms with Crippen LogP contribution in [0.3, 0.4) is 0 Å². The third-order valence-corrected chi connectivity index (χ3v) is 0.455. The Hall–Kier alpha value is -0.0800. The van der Waals surface area contributed by atoms with Gasteiger partial charge in [0.05, 0.1) is 0 Å². The van der Waals surface area contributed by atoms with Crippen LogP contribution in [0.25, 0.3) is 0 Å². The zero-order valence-electron chi connectivity index (χ0n) is 4.68. The van der Waals surface area contributed by atoms with E-state index < -0.39 is 6.10 Å². The number of rotatable bonds is 3. The second-order valence-electron chi connectivity index (χ2n) is 1.30. The van der Waals surface area contributed by atoms with Crippen molar-refractivity contribution in [3.8, 4) is 0 Å². The molecule has 0 spiro atoms. The van der Waals surface area contributed by atoms with Crippen molar-refractivity contribution >= 4 is 0 Å². The average molecular weight is 102 g/mol. The summed E-state index contributed by atoms with van der Waals surface area (Å²) < 4.78 is 4.66. The van der Waals surface area contributed by atoms with Crippen molar-refractivity contribution in [3.63, 3.8) is 0 Å². The lowest BCUT2D eigenvalue weighted by molar-refractivity contribution is 0.0588. The average Bonchev–Trinajstić information content (AvgIpc) is 1.61. The van der Waals surface area contributed by atoms with Crippen LogP contribution in [0.15, 0.2) is 0 Å². The Morgan fingerprint density at radius 2 is 2.43 bits per heavy atom. The highest BCUT2D eigenvalue weighted by Crippen LogP contribution is 1.88. The maximum Gasteiger partial charge on any atom is 0.119 e. The minimum Gasteiger partial charge on any atom is -0.373 e. The first-order valence-electron chi connectivity index (χ1n) is 2.38. The molecule has 0 saturated heterocycles. The van der Waals surface area contributed by atoms with Gasteiger partial charge in [0.25, 0.3) is 0 Å². The molecule has 0 amide bonds. The van der Waals surface area contributed by atoms with E-state index >= 15 is 0 Å². The van der Waals surface area contributed by atoms with E-state index in [0.29, 0.717) is 6.61 Å². The summed E-state index contributed by atoms with van der Waals surface area (Å²) in [7, 11) is 0. The summed E-state index contributed by atoms with van der Waals surface area (Å²) in [5, 5.41) is 10.1. The van der Waals surface area contributed by atoms with Crippen molar-refractivity contribution in [2.45, 2.75) is 20.0 Å². The van der Waals surface area contributed by atoms with Crippen LogP contribution in [0, 0.1) is 6.61 Å². The summed E-state index contributed by atoms with van der Waals surface area (Å²) in [6.45, 7) is 5.26. The molecule has 0 aromatic heterocycles. The zero-order valence-corrected chi connectivity index (χ0v) is 4.68. The second-order valence-corrected chi connectivity index (χ2v) is 1.30. The molecule has 2 radical (unpaired) electrons. The molecule has 0 rings (SSSR count). The van der Waals surface area contributed by atoms with E-state index in [9.17, 15) is 5.11 Å². The normalized spacial score (nSPS) is 14.1. The van der Waals surface area contributed by atoms with E-state index in [4.69, 9.17) is 0 Å². The molecule has 42 valence electrons. The van der Waals surface area contributed by atoms with Gasteiger partial charge in [-0.15, -0.1) is 0 Å². The Balaban J connectivity index is 2.68. The predicted octanol–water partition coefficient (Wildman–Crippen LogP) is 1.00. The van der Waals surface area contributed by atoms with Crippen LogP contribution in [0.2, 0.25) is 0 Å². The molecule has 0 aromatic carbocycles. The summed E-state index contributed by atoms with van der Waals surface area (Å²) in [6, 6.07) is 0. The molecule has 2 heteroatoms. The molecular formula is C5H10O2. The lowest BCUT2D eigenvalue weighted by Gasteiger charge is -1.97. The number of hydrogen-bond acceptors (Lipinski definition) is 1. The molecule has 0 fully saturated rings. The Labute approximate surface area is 44.1 Å². The quantitative estimate of drug-likeness (QED) is 0.522. The van der Waals surface area contributed by atoms with Crippen LogP contribution in [0.4, 0.5) is 0 Å². The SMILES string of the molecule is CCO[CH]C(C)[O]. The molecule has 7 heavy (non-hydrogen) atoms. The van der Waals surface area contributed by atoms with Gasteiger partial charge >= 0.3 is 0 Å². The number of ether oxygens (including phenoxy) is 1. The smallest absolute Gasteiger partial charge is 0.119 e. The fourth-order valence-electron chi connectivity index (χ4n) is 0.232. The first-order valence-corrected chi connectivity index (χ1v) is 2.38. The van der Waals surface area contributed by atoms with Crippen molar-refractivity contribution in [2.24, 2.45) is 0 Å². The van der Waals surface area contributed by atoms with Gasteiger partial charge in [0.2, 0.25) is 0 Å². The van der Waals surface area contributed by atoms with Gasteiger partial charge in [0.1, 0.15) is 12.7 Å². The highest BCUT2D eigenvalue weighted by molar-refractivity contribution is 4.55. The Bertz CT molecular complexity index is 35.1. The summed E-state index contributed by atoms with van der Waals surface area (Å²) in [6.07, 6.45) is -0.694. The van der Waals surface area contributed by atoms with Crippen LogP contribution < -0.4 is 0 Å². The van der Waals surface area contributed by atoms with E-state index in [1.54, 1.807) is 0 Å². The van der Waals surface area contributed by atoms with E-state index in [1.807, 2.05) is 6.92 Å². The van der Waals surface area contributed by atoms with Crippen LogP contribution in [0.5, 0.6) is 0 Å². The van der Waals surface area contributed by atoms with E-state index in [0.717, 1.165) is 0 Å². The topological polar surface area (TPSA) is 29.1 Å². The highest BCUT2D eigenvalue weighted by atomic mass is 16.5. The summed E-state index contributed by atoms with van der Waals surface area (Å²) in [4.78, 5) is 0. The Kier molecular flexibility index (Phi) is 4.04. The van der Waals surface area contributed by atoms with Crippen LogP contribution in [-0.4, -0.2) is 12.7 Å². The van der Waals surface area contributed by atoms with Gasteiger partial charge in [-0.1, -0.05) is 0 Å². The van der Waals surface area contributed by atoms with Crippen molar-refractivity contribution in [1.29, 1.82) is 0 Å². The Morgan fingerprint density at radius 1 is 1.86 bits per heavy atom. The molecule has 0 heterocycles. The van der Waals surface area contributed by atoms with Gasteiger partial charge < -0.3 is 4.74 Å². The maximum atomic E-state index is 10.1. The molecule has 1 atom stereocenters. The molecule has 0 aliphatic rings. The second kappa shape index (κ2) is 4.09. The third-order valence-electron chi connectivity index (χ3n) is 0.455. The molecule has 0 saturated carbocycles. The fourth-order valence-corrected chi connectivity index (χ4v) is 0.232. The molecule has 2 nitrogen and oxygen atoms in total. The number of hydrogen-bond donors (Lipinski definition) is 0. The largest absolute Gasteiger partial charge is 0.373 e. The van der Waals surface area contributed by atoms with E-state index in [1.165, 1.54) is 13.5 Å². The van der Waals surface area contributed by atoms with Crippen molar-refractivity contribution in [2.75, 3.05) is 6.61 Å². The van der Waals surface area contributed by atoms with Gasteiger partial charge in [-0.2, -0.15) is 0 Å². The third kappa shape index (κ3) is 5.92. The van der Waals surface area contributed by atoms with Gasteiger partial charge in [0, 0.05) is 6.61 Å². The monoisotopic (exact) mass is 102 g/mol. The molecular weight excluding hydrogens is 92.1 g/mol. The summed E-state index contributed by atoms with van der Waals surface area (Å²) in [5.74, 6) is 0. The lowest BCUT2D eigenvalue weighted by atomic mass is 10.4.